The van der Waals surface area contributed by atoms with Crippen LogP contribution in [-0.2, 0) is 0 Å². The van der Waals surface area contributed by atoms with Gasteiger partial charge >= 0.3 is 5.97 Å². The van der Waals surface area contributed by atoms with Gasteiger partial charge in [0.2, 0.25) is 11.0 Å². The number of aromatic nitrogens is 3. The van der Waals surface area contributed by atoms with Crippen molar-refractivity contribution in [3.63, 3.8) is 0 Å². The monoisotopic (exact) mass is 347 g/mol. The lowest BCUT2D eigenvalue weighted by atomic mass is 10.1. The average molecular weight is 347 g/mol. The SMILES string of the molecule is O=C([O-])c1nccnc1C(=O)O.c1ccc2[nH+]c3ccccc3cc2c1. The number of nitrogens with zero attached hydrogens (tertiary/aromatic N) is 2. The molecular weight excluding hydrogens is 334 g/mol. The number of carboxylic acid groups (broad SMARTS) is 2. The van der Waals surface area contributed by atoms with Gasteiger partial charge in [-0.05, 0) is 18.2 Å². The standard InChI is InChI=1S/C13H9N.C6H4N2O4/c1-3-7-12-10(5-1)9-11-6-2-4-8-13(11)14-12;9-5(10)3-4(6(11)12)8-2-1-7-3/h1-9H;1-2H,(H,9,10)(H,11,12). The molecule has 0 bridgehead atoms. The zero-order valence-corrected chi connectivity index (χ0v) is 13.4. The Bertz CT molecular complexity index is 974. The van der Waals surface area contributed by atoms with E-state index in [1.54, 1.807) is 0 Å². The number of aromatic carboxylic acids is 2. The molecule has 0 aliphatic heterocycles. The van der Waals surface area contributed by atoms with E-state index in [2.05, 4.69) is 57.4 Å². The predicted molar refractivity (Wildman–Crippen MR) is 91.3 cm³/mol. The van der Waals surface area contributed by atoms with Crippen molar-refractivity contribution in [2.45, 2.75) is 0 Å². The van der Waals surface area contributed by atoms with E-state index in [0.717, 1.165) is 12.4 Å². The van der Waals surface area contributed by atoms with Crippen LogP contribution in [0.1, 0.15) is 21.0 Å². The van der Waals surface area contributed by atoms with Crippen LogP contribution in [0.15, 0.2) is 67.0 Å². The van der Waals surface area contributed by atoms with Gasteiger partial charge in [-0.1, -0.05) is 24.3 Å². The number of rotatable bonds is 2. The van der Waals surface area contributed by atoms with Crippen LogP contribution in [0.5, 0.6) is 0 Å². The molecule has 0 aliphatic carbocycles. The topological polar surface area (TPSA) is 117 Å². The smallest absolute Gasteiger partial charge is 0.356 e. The molecule has 4 rings (SSSR count). The summed E-state index contributed by atoms with van der Waals surface area (Å²) in [4.78, 5) is 30.6. The highest BCUT2D eigenvalue weighted by atomic mass is 16.4. The van der Waals surface area contributed by atoms with Crippen LogP contribution in [0.4, 0.5) is 0 Å². The molecule has 2 aromatic carbocycles. The van der Waals surface area contributed by atoms with E-state index in [0.29, 0.717) is 0 Å². The second kappa shape index (κ2) is 7.35. The Morgan fingerprint density at radius 2 is 1.35 bits per heavy atom. The van der Waals surface area contributed by atoms with Gasteiger partial charge in [0.05, 0.1) is 5.97 Å². The Hall–Kier alpha value is -3.87. The summed E-state index contributed by atoms with van der Waals surface area (Å²) in [7, 11) is 0. The Labute approximate surface area is 147 Å². The molecular formula is C19H13N3O4. The molecule has 0 unspecified atom stereocenters. The molecule has 0 fully saturated rings. The van der Waals surface area contributed by atoms with Crippen molar-refractivity contribution in [1.82, 2.24) is 9.97 Å². The van der Waals surface area contributed by atoms with Crippen LogP contribution >= 0.6 is 0 Å². The number of carbonyl (C=O) groups is 2. The summed E-state index contributed by atoms with van der Waals surface area (Å²) < 4.78 is 0. The zero-order chi connectivity index (χ0) is 18.5. The summed E-state index contributed by atoms with van der Waals surface area (Å²) >= 11 is 0. The third-order valence-electron chi connectivity index (χ3n) is 3.60. The molecule has 128 valence electrons. The molecule has 0 saturated heterocycles. The first-order valence-corrected chi connectivity index (χ1v) is 7.61. The maximum Gasteiger partial charge on any atom is 0.356 e. The molecule has 7 heteroatoms. The van der Waals surface area contributed by atoms with Crippen molar-refractivity contribution in [2.75, 3.05) is 0 Å². The number of para-hydroxylation sites is 2. The number of aromatic amines is 1. The van der Waals surface area contributed by atoms with E-state index in [1.165, 1.54) is 21.8 Å². The van der Waals surface area contributed by atoms with Crippen LogP contribution in [0.2, 0.25) is 0 Å². The van der Waals surface area contributed by atoms with E-state index in [9.17, 15) is 14.7 Å². The van der Waals surface area contributed by atoms with Crippen molar-refractivity contribution in [3.8, 4) is 0 Å². The second-order valence-electron chi connectivity index (χ2n) is 5.29. The van der Waals surface area contributed by atoms with Crippen LogP contribution in [0, 0.1) is 0 Å². The fraction of sp³-hybridized carbons (Fsp3) is 0. The molecule has 0 saturated carbocycles. The van der Waals surface area contributed by atoms with Gasteiger partial charge in [0.25, 0.3) is 0 Å². The van der Waals surface area contributed by atoms with Crippen LogP contribution in [0.3, 0.4) is 0 Å². The van der Waals surface area contributed by atoms with Crippen LogP contribution in [-0.4, -0.2) is 27.0 Å². The lowest BCUT2D eigenvalue weighted by molar-refractivity contribution is -0.310. The molecule has 0 spiro atoms. The van der Waals surface area contributed by atoms with Gasteiger partial charge in [0.15, 0.2) is 5.69 Å². The largest absolute Gasteiger partial charge is 0.543 e. The number of carbonyl (C=O) groups excluding carboxylic acids is 1. The zero-order valence-electron chi connectivity index (χ0n) is 13.4. The predicted octanol–water partition coefficient (Wildman–Crippen LogP) is 1.35. The number of H-pyrrole nitrogens is 1. The number of benzene rings is 2. The lowest BCUT2D eigenvalue weighted by Gasteiger charge is -2.02. The molecule has 0 radical (unpaired) electrons. The number of hydrogen-bond donors (Lipinski definition) is 1. The first kappa shape index (κ1) is 17.0. The Kier molecular flexibility index (Phi) is 4.80. The van der Waals surface area contributed by atoms with Crippen molar-refractivity contribution in [2.24, 2.45) is 0 Å². The van der Waals surface area contributed by atoms with E-state index < -0.39 is 23.3 Å². The van der Waals surface area contributed by atoms with Gasteiger partial charge in [0, 0.05) is 35.3 Å². The van der Waals surface area contributed by atoms with Crippen molar-refractivity contribution in [1.29, 1.82) is 0 Å². The second-order valence-corrected chi connectivity index (χ2v) is 5.29. The fourth-order valence-corrected chi connectivity index (χ4v) is 2.43. The van der Waals surface area contributed by atoms with Gasteiger partial charge in [-0.2, -0.15) is 0 Å². The van der Waals surface area contributed by atoms with Gasteiger partial charge in [-0.25, -0.2) is 14.8 Å². The van der Waals surface area contributed by atoms with E-state index in [-0.39, 0.29) is 0 Å². The maximum absolute atomic E-state index is 10.3. The van der Waals surface area contributed by atoms with E-state index in [4.69, 9.17) is 5.11 Å². The van der Waals surface area contributed by atoms with Gasteiger partial charge in [-0.3, -0.25) is 4.98 Å². The maximum atomic E-state index is 10.3. The third-order valence-corrected chi connectivity index (χ3v) is 3.60. The molecule has 7 nitrogen and oxygen atoms in total. The van der Waals surface area contributed by atoms with E-state index >= 15 is 0 Å². The molecule has 0 amide bonds. The third kappa shape index (κ3) is 3.62. The summed E-state index contributed by atoms with van der Waals surface area (Å²) in [5.41, 5.74) is 1.10. The summed E-state index contributed by atoms with van der Waals surface area (Å²) in [6, 6.07) is 18.9. The number of pyridine rings is 1. The van der Waals surface area contributed by atoms with Gasteiger partial charge in [-0.15, -0.1) is 0 Å². The Balaban J connectivity index is 0.000000153. The highest BCUT2D eigenvalue weighted by Gasteiger charge is 2.12. The first-order valence-electron chi connectivity index (χ1n) is 7.61. The molecule has 2 heterocycles. The highest BCUT2D eigenvalue weighted by molar-refractivity contribution is 5.97. The normalized spacial score (nSPS) is 10.2. The molecule has 2 aromatic heterocycles. The fourth-order valence-electron chi connectivity index (χ4n) is 2.43. The summed E-state index contributed by atoms with van der Waals surface area (Å²) in [6.07, 6.45) is 2.17. The highest BCUT2D eigenvalue weighted by Crippen LogP contribution is 2.15. The molecule has 26 heavy (non-hydrogen) atoms. The number of nitrogens with one attached hydrogen (secondary N) is 1. The minimum Gasteiger partial charge on any atom is -0.543 e. The van der Waals surface area contributed by atoms with Crippen molar-refractivity contribution in [3.05, 3.63) is 78.4 Å². The quantitative estimate of drug-likeness (QED) is 0.547. The minimum absolute atomic E-state index is 0.613. The average Bonchev–Trinajstić information content (AvgIpc) is 2.66. The molecule has 2 N–H and O–H groups in total. The lowest BCUT2D eigenvalue weighted by Crippen LogP contribution is -2.26. The first-order chi connectivity index (χ1) is 12.6. The minimum atomic E-state index is -1.65. The number of hydrogen-bond acceptors (Lipinski definition) is 5. The van der Waals surface area contributed by atoms with Crippen molar-refractivity contribution < 1.29 is 24.8 Å². The Morgan fingerprint density at radius 3 is 1.81 bits per heavy atom. The molecule has 0 aliphatic rings. The van der Waals surface area contributed by atoms with Gasteiger partial charge in [0.1, 0.15) is 5.69 Å². The number of carboxylic acids is 2. The number of fused-ring (bicyclic) bond motifs is 2. The summed E-state index contributed by atoms with van der Waals surface area (Å²) in [5.74, 6) is -3.09. The van der Waals surface area contributed by atoms with Crippen LogP contribution < -0.4 is 10.1 Å². The molecule has 4 aromatic rings. The molecule has 0 atom stereocenters. The summed E-state index contributed by atoms with van der Waals surface area (Å²) in [6.45, 7) is 0. The van der Waals surface area contributed by atoms with Gasteiger partial charge < -0.3 is 15.0 Å². The Morgan fingerprint density at radius 1 is 0.846 bits per heavy atom. The van der Waals surface area contributed by atoms with Crippen LogP contribution in [0.25, 0.3) is 21.8 Å². The van der Waals surface area contributed by atoms with E-state index in [1.807, 2.05) is 12.1 Å². The van der Waals surface area contributed by atoms with Crippen molar-refractivity contribution >= 4 is 33.7 Å². The summed E-state index contributed by atoms with van der Waals surface area (Å²) in [5, 5.41) is 21.2.